The number of hydrogen-bond acceptors (Lipinski definition) is 4. The van der Waals surface area contributed by atoms with Gasteiger partial charge in [-0.1, -0.05) is 54.6 Å². The number of carboxylic acid groups (broad SMARTS) is 1. The predicted octanol–water partition coefficient (Wildman–Crippen LogP) is 4.39. The van der Waals surface area contributed by atoms with Crippen LogP contribution in [-0.4, -0.2) is 48.1 Å². The van der Waals surface area contributed by atoms with E-state index in [1.54, 1.807) is 25.3 Å². The lowest BCUT2D eigenvalue weighted by molar-refractivity contribution is -0.133. The Bertz CT molecular complexity index is 1350. The minimum atomic E-state index is -0.969. The Hall–Kier alpha value is -3.97. The van der Waals surface area contributed by atoms with Crippen molar-refractivity contribution >= 4 is 17.8 Å². The second kappa shape index (κ2) is 11.2. The second-order valence-electron chi connectivity index (χ2n) is 10.0. The smallest absolute Gasteiger partial charge is 0.335 e. The molecule has 0 unspecified atom stereocenters. The van der Waals surface area contributed by atoms with Gasteiger partial charge in [0.2, 0.25) is 11.8 Å². The van der Waals surface area contributed by atoms with Crippen LogP contribution in [0.15, 0.2) is 66.7 Å². The first-order valence-corrected chi connectivity index (χ1v) is 13.0. The molecule has 38 heavy (non-hydrogen) atoms. The van der Waals surface area contributed by atoms with Gasteiger partial charge in [0.25, 0.3) is 0 Å². The number of aromatic carboxylic acids is 1. The van der Waals surface area contributed by atoms with E-state index < -0.39 is 5.97 Å². The Morgan fingerprint density at radius 1 is 1.03 bits per heavy atom. The van der Waals surface area contributed by atoms with Gasteiger partial charge in [0.05, 0.1) is 18.6 Å². The summed E-state index contributed by atoms with van der Waals surface area (Å²) in [4.78, 5) is 39.2. The molecule has 7 nitrogen and oxygen atoms in total. The van der Waals surface area contributed by atoms with Crippen molar-refractivity contribution in [2.45, 2.75) is 38.3 Å². The number of carbonyl (C=O) groups excluding carboxylic acids is 2. The van der Waals surface area contributed by atoms with Gasteiger partial charge in [0.1, 0.15) is 0 Å². The molecule has 3 aromatic rings. The van der Waals surface area contributed by atoms with Gasteiger partial charge in [-0.2, -0.15) is 0 Å². The molecule has 1 saturated carbocycles. The summed E-state index contributed by atoms with van der Waals surface area (Å²) in [5.74, 6) is -0.630. The van der Waals surface area contributed by atoms with E-state index in [0.717, 1.165) is 34.2 Å². The maximum Gasteiger partial charge on any atom is 0.335 e. The van der Waals surface area contributed by atoms with Crippen molar-refractivity contribution in [3.63, 3.8) is 0 Å². The van der Waals surface area contributed by atoms with E-state index in [-0.39, 0.29) is 29.2 Å². The number of carboxylic acids is 1. The Balaban J connectivity index is 1.39. The quantitative estimate of drug-likeness (QED) is 0.443. The molecule has 0 aromatic heterocycles. The molecular formula is C31H32N2O5. The van der Waals surface area contributed by atoms with Gasteiger partial charge in [-0.05, 0) is 64.3 Å². The molecule has 7 heteroatoms. The highest BCUT2D eigenvalue weighted by molar-refractivity contribution is 5.90. The number of fused-ring (bicyclic) bond motifs is 1. The number of amides is 2. The normalized spacial score (nSPS) is 18.0. The van der Waals surface area contributed by atoms with Gasteiger partial charge in [0.15, 0.2) is 0 Å². The van der Waals surface area contributed by atoms with Crippen LogP contribution in [0.1, 0.15) is 51.4 Å². The summed E-state index contributed by atoms with van der Waals surface area (Å²) in [6.07, 6.45) is 1.83. The van der Waals surface area contributed by atoms with Crippen molar-refractivity contribution in [1.29, 1.82) is 0 Å². The first kappa shape index (κ1) is 25.7. The minimum absolute atomic E-state index is 0.0154. The molecule has 0 radical (unpaired) electrons. The minimum Gasteiger partial charge on any atom is -0.478 e. The SMILES string of the molecule is COCCC(=O)N1CCc2c(-c3cccc(C(=O)O)c3)ccc(CNC(=O)[C@@H]3C[C@@H]3c3ccccc3)c2C1. The summed E-state index contributed by atoms with van der Waals surface area (Å²) in [6, 6.07) is 21.1. The zero-order valence-corrected chi connectivity index (χ0v) is 21.5. The molecule has 1 aliphatic heterocycles. The molecule has 2 atom stereocenters. The molecule has 1 aliphatic carbocycles. The third-order valence-corrected chi connectivity index (χ3v) is 7.61. The Morgan fingerprint density at radius 3 is 2.61 bits per heavy atom. The van der Waals surface area contributed by atoms with E-state index in [1.165, 1.54) is 5.56 Å². The molecule has 0 spiro atoms. The first-order chi connectivity index (χ1) is 18.5. The van der Waals surface area contributed by atoms with Gasteiger partial charge < -0.3 is 20.1 Å². The van der Waals surface area contributed by atoms with Gasteiger partial charge in [-0.25, -0.2) is 4.79 Å². The van der Waals surface area contributed by atoms with Crippen LogP contribution in [-0.2, 0) is 33.8 Å². The van der Waals surface area contributed by atoms with Crippen molar-refractivity contribution in [3.05, 3.63) is 94.5 Å². The molecule has 196 valence electrons. The molecule has 2 aliphatic rings. The summed E-state index contributed by atoms with van der Waals surface area (Å²) in [6.45, 7) is 1.79. The molecule has 2 N–H and O–H groups in total. The number of methoxy groups -OCH3 is 1. The van der Waals surface area contributed by atoms with Crippen LogP contribution >= 0.6 is 0 Å². The average Bonchev–Trinajstić information content (AvgIpc) is 3.76. The van der Waals surface area contributed by atoms with Crippen molar-refractivity contribution < 1.29 is 24.2 Å². The van der Waals surface area contributed by atoms with Crippen LogP contribution in [0, 0.1) is 5.92 Å². The number of rotatable bonds is 9. The largest absolute Gasteiger partial charge is 0.478 e. The molecule has 1 heterocycles. The van der Waals surface area contributed by atoms with Crippen LogP contribution in [0.2, 0.25) is 0 Å². The Morgan fingerprint density at radius 2 is 1.84 bits per heavy atom. The number of benzene rings is 3. The highest BCUT2D eigenvalue weighted by atomic mass is 16.5. The van der Waals surface area contributed by atoms with Gasteiger partial charge in [-0.15, -0.1) is 0 Å². The van der Waals surface area contributed by atoms with Crippen molar-refractivity contribution in [2.75, 3.05) is 20.3 Å². The summed E-state index contributed by atoms with van der Waals surface area (Å²) in [7, 11) is 1.58. The van der Waals surface area contributed by atoms with Crippen LogP contribution in [0.4, 0.5) is 0 Å². The first-order valence-electron chi connectivity index (χ1n) is 13.0. The van der Waals surface area contributed by atoms with E-state index >= 15 is 0 Å². The number of hydrogen-bond donors (Lipinski definition) is 2. The molecular weight excluding hydrogens is 480 g/mol. The topological polar surface area (TPSA) is 95.9 Å². The average molecular weight is 513 g/mol. The maximum atomic E-state index is 13.0. The third-order valence-electron chi connectivity index (χ3n) is 7.61. The molecule has 1 fully saturated rings. The van der Waals surface area contributed by atoms with E-state index in [2.05, 4.69) is 17.4 Å². The zero-order chi connectivity index (χ0) is 26.6. The van der Waals surface area contributed by atoms with E-state index in [1.807, 2.05) is 41.3 Å². The Kier molecular flexibility index (Phi) is 7.56. The fourth-order valence-electron chi connectivity index (χ4n) is 5.42. The lowest BCUT2D eigenvalue weighted by Crippen LogP contribution is -2.37. The lowest BCUT2D eigenvalue weighted by atomic mass is 9.87. The summed E-state index contributed by atoms with van der Waals surface area (Å²) in [5.41, 5.74) is 6.33. The van der Waals surface area contributed by atoms with Crippen molar-refractivity contribution in [1.82, 2.24) is 10.2 Å². The van der Waals surface area contributed by atoms with E-state index in [9.17, 15) is 19.5 Å². The van der Waals surface area contributed by atoms with Crippen LogP contribution in [0.25, 0.3) is 11.1 Å². The number of carbonyl (C=O) groups is 3. The summed E-state index contributed by atoms with van der Waals surface area (Å²) in [5, 5.41) is 12.6. The molecule has 3 aromatic carbocycles. The van der Waals surface area contributed by atoms with Crippen LogP contribution in [0.5, 0.6) is 0 Å². The fraction of sp³-hybridized carbons (Fsp3) is 0.323. The highest BCUT2D eigenvalue weighted by Crippen LogP contribution is 2.47. The predicted molar refractivity (Wildman–Crippen MR) is 144 cm³/mol. The number of nitrogens with one attached hydrogen (secondary N) is 1. The molecule has 0 saturated heterocycles. The summed E-state index contributed by atoms with van der Waals surface area (Å²) >= 11 is 0. The van der Waals surface area contributed by atoms with Crippen molar-refractivity contribution in [3.8, 4) is 11.1 Å². The Labute approximate surface area is 222 Å². The van der Waals surface area contributed by atoms with Gasteiger partial charge in [-0.3, -0.25) is 9.59 Å². The third kappa shape index (κ3) is 5.48. The monoisotopic (exact) mass is 512 g/mol. The lowest BCUT2D eigenvalue weighted by Gasteiger charge is -2.32. The number of ether oxygens (including phenoxy) is 1. The number of nitrogens with zero attached hydrogens (tertiary/aromatic N) is 1. The van der Waals surface area contributed by atoms with Crippen LogP contribution in [0.3, 0.4) is 0 Å². The standard InChI is InChI=1S/C31H32N2O5/c1-38-15-13-29(34)33-14-12-25-24(21-8-5-9-22(16-21)31(36)37)11-10-23(28(25)19-33)18-32-30(35)27-17-26(27)20-6-3-2-4-7-20/h2-11,16,26-27H,12-15,17-19H2,1H3,(H,32,35)(H,36,37)/t26-,27-/m1/s1. The van der Waals surface area contributed by atoms with Crippen molar-refractivity contribution in [2.24, 2.45) is 5.92 Å². The highest BCUT2D eigenvalue weighted by Gasteiger charge is 2.43. The van der Waals surface area contributed by atoms with E-state index in [4.69, 9.17) is 4.74 Å². The molecule has 5 rings (SSSR count). The second-order valence-corrected chi connectivity index (χ2v) is 10.0. The van der Waals surface area contributed by atoms with Gasteiger partial charge in [0, 0.05) is 32.7 Å². The molecule has 0 bridgehead atoms. The zero-order valence-electron chi connectivity index (χ0n) is 21.5. The fourth-order valence-corrected chi connectivity index (χ4v) is 5.42. The maximum absolute atomic E-state index is 13.0. The summed E-state index contributed by atoms with van der Waals surface area (Å²) < 4.78 is 5.09. The van der Waals surface area contributed by atoms with Gasteiger partial charge >= 0.3 is 5.97 Å². The molecule has 2 amide bonds. The van der Waals surface area contributed by atoms with E-state index in [0.29, 0.717) is 39.1 Å². The van der Waals surface area contributed by atoms with Crippen LogP contribution < -0.4 is 5.32 Å².